The van der Waals surface area contributed by atoms with Crippen molar-refractivity contribution in [1.29, 1.82) is 0 Å². The number of pyridine rings is 1. The number of ether oxygens (including phenoxy) is 1. The third kappa shape index (κ3) is 4.07. The molecular formula is C18H23N5O2. The highest BCUT2D eigenvalue weighted by Gasteiger charge is 2.25. The summed E-state index contributed by atoms with van der Waals surface area (Å²) >= 11 is 0. The van der Waals surface area contributed by atoms with Crippen molar-refractivity contribution in [3.63, 3.8) is 0 Å². The Morgan fingerprint density at radius 3 is 3.00 bits per heavy atom. The fraction of sp³-hybridized carbons (Fsp3) is 0.333. The second-order valence-corrected chi connectivity index (χ2v) is 6.16. The number of nitrogens with two attached hydrogens (primary N) is 1. The molecule has 7 heteroatoms. The van der Waals surface area contributed by atoms with Crippen molar-refractivity contribution in [2.24, 2.45) is 5.73 Å². The Morgan fingerprint density at radius 1 is 1.40 bits per heavy atom. The van der Waals surface area contributed by atoms with Crippen molar-refractivity contribution in [3.8, 4) is 0 Å². The van der Waals surface area contributed by atoms with E-state index in [1.165, 1.54) is 0 Å². The molecule has 1 aromatic heterocycles. The first-order chi connectivity index (χ1) is 12.1. The number of carbonyl (C=O) groups is 1. The van der Waals surface area contributed by atoms with E-state index in [0.717, 1.165) is 16.8 Å². The summed E-state index contributed by atoms with van der Waals surface area (Å²) in [5.74, 6) is 1.11. The van der Waals surface area contributed by atoms with Gasteiger partial charge in [-0.25, -0.2) is 4.98 Å². The summed E-state index contributed by atoms with van der Waals surface area (Å²) < 4.78 is 5.04. The molecule has 1 amide bonds. The normalized spacial score (nSPS) is 14.0. The number of methoxy groups -OCH3 is 1. The highest BCUT2D eigenvalue weighted by atomic mass is 16.5. The van der Waals surface area contributed by atoms with Crippen molar-refractivity contribution in [2.75, 3.05) is 30.9 Å². The van der Waals surface area contributed by atoms with Crippen LogP contribution >= 0.6 is 0 Å². The van der Waals surface area contributed by atoms with Gasteiger partial charge in [-0.2, -0.15) is 0 Å². The lowest BCUT2D eigenvalue weighted by atomic mass is 10.1. The summed E-state index contributed by atoms with van der Waals surface area (Å²) in [5, 5.41) is 9.32. The number of aromatic nitrogens is 1. The van der Waals surface area contributed by atoms with Gasteiger partial charge in [-0.05, 0) is 36.2 Å². The minimum absolute atomic E-state index is 0.111. The SMILES string of the molecule is COC[C@H](N)CNc1cc2c(c(Nc3cccc(C)c3)n1)C(=O)NC2. The van der Waals surface area contributed by atoms with Gasteiger partial charge in [0.05, 0.1) is 12.2 Å². The van der Waals surface area contributed by atoms with Gasteiger partial charge in [0.2, 0.25) is 0 Å². The second kappa shape index (κ2) is 7.50. The van der Waals surface area contributed by atoms with E-state index in [1.807, 2.05) is 37.3 Å². The Labute approximate surface area is 147 Å². The smallest absolute Gasteiger partial charge is 0.255 e. The molecule has 1 atom stereocenters. The Bertz CT molecular complexity index is 778. The van der Waals surface area contributed by atoms with Gasteiger partial charge in [0.25, 0.3) is 5.91 Å². The Balaban J connectivity index is 1.86. The van der Waals surface area contributed by atoms with E-state index in [2.05, 4.69) is 20.9 Å². The molecule has 5 N–H and O–H groups in total. The maximum atomic E-state index is 12.2. The quantitative estimate of drug-likeness (QED) is 0.612. The third-order valence-electron chi connectivity index (χ3n) is 3.97. The molecule has 1 aliphatic rings. The fourth-order valence-corrected chi connectivity index (χ4v) is 2.80. The van der Waals surface area contributed by atoms with Crippen molar-refractivity contribution >= 4 is 23.2 Å². The average Bonchev–Trinajstić information content (AvgIpc) is 2.95. The molecule has 0 fully saturated rings. The second-order valence-electron chi connectivity index (χ2n) is 6.16. The van der Waals surface area contributed by atoms with Crippen molar-refractivity contribution < 1.29 is 9.53 Å². The molecule has 0 saturated carbocycles. The van der Waals surface area contributed by atoms with Gasteiger partial charge in [-0.3, -0.25) is 4.79 Å². The van der Waals surface area contributed by atoms with Gasteiger partial charge in [0.1, 0.15) is 11.6 Å². The van der Waals surface area contributed by atoms with Crippen LogP contribution in [0.3, 0.4) is 0 Å². The van der Waals surface area contributed by atoms with Gasteiger partial charge in [0.15, 0.2) is 0 Å². The van der Waals surface area contributed by atoms with Crippen LogP contribution in [0.2, 0.25) is 0 Å². The van der Waals surface area contributed by atoms with E-state index in [-0.39, 0.29) is 11.9 Å². The van der Waals surface area contributed by atoms with Crippen LogP contribution < -0.4 is 21.7 Å². The number of nitrogens with one attached hydrogen (secondary N) is 3. The number of benzene rings is 1. The van der Waals surface area contributed by atoms with E-state index in [4.69, 9.17) is 10.5 Å². The number of aryl methyl sites for hydroxylation is 1. The molecule has 2 heterocycles. The topological polar surface area (TPSA) is 101 Å². The van der Waals surface area contributed by atoms with E-state index >= 15 is 0 Å². The average molecular weight is 341 g/mol. The number of carbonyl (C=O) groups excluding carboxylic acids is 1. The first-order valence-electron chi connectivity index (χ1n) is 8.21. The molecule has 1 aromatic carbocycles. The van der Waals surface area contributed by atoms with Crippen molar-refractivity contribution in [2.45, 2.75) is 19.5 Å². The molecule has 0 radical (unpaired) electrons. The third-order valence-corrected chi connectivity index (χ3v) is 3.97. The fourth-order valence-electron chi connectivity index (χ4n) is 2.80. The lowest BCUT2D eigenvalue weighted by molar-refractivity contribution is 0.0966. The molecule has 132 valence electrons. The molecule has 0 unspecified atom stereocenters. The lowest BCUT2D eigenvalue weighted by Gasteiger charge is -2.15. The number of rotatable bonds is 7. The van der Waals surface area contributed by atoms with Gasteiger partial charge >= 0.3 is 0 Å². The molecule has 0 bridgehead atoms. The van der Waals surface area contributed by atoms with Crippen LogP contribution in [0, 0.1) is 6.92 Å². The van der Waals surface area contributed by atoms with Gasteiger partial charge in [-0.1, -0.05) is 12.1 Å². The summed E-state index contributed by atoms with van der Waals surface area (Å²) in [6.45, 7) is 3.51. The van der Waals surface area contributed by atoms with E-state index < -0.39 is 0 Å². The van der Waals surface area contributed by atoms with Crippen LogP contribution in [-0.2, 0) is 11.3 Å². The summed E-state index contributed by atoms with van der Waals surface area (Å²) in [5.41, 5.74) is 9.48. The molecule has 25 heavy (non-hydrogen) atoms. The zero-order chi connectivity index (χ0) is 17.8. The van der Waals surface area contributed by atoms with E-state index in [9.17, 15) is 4.79 Å². The van der Waals surface area contributed by atoms with E-state index in [0.29, 0.717) is 36.9 Å². The molecular weight excluding hydrogens is 318 g/mol. The monoisotopic (exact) mass is 341 g/mol. The number of hydrogen-bond acceptors (Lipinski definition) is 6. The maximum Gasteiger partial charge on any atom is 0.255 e. The lowest BCUT2D eigenvalue weighted by Crippen LogP contribution is -2.33. The molecule has 7 nitrogen and oxygen atoms in total. The zero-order valence-electron chi connectivity index (χ0n) is 14.4. The largest absolute Gasteiger partial charge is 0.383 e. The predicted molar refractivity (Wildman–Crippen MR) is 98.2 cm³/mol. The highest BCUT2D eigenvalue weighted by molar-refractivity contribution is 6.03. The number of fused-ring (bicyclic) bond motifs is 1. The Morgan fingerprint density at radius 2 is 2.24 bits per heavy atom. The summed E-state index contributed by atoms with van der Waals surface area (Å²) in [7, 11) is 1.62. The summed E-state index contributed by atoms with van der Waals surface area (Å²) in [6.07, 6.45) is 0. The number of amides is 1. The number of nitrogens with zero attached hydrogens (tertiary/aromatic N) is 1. The first kappa shape index (κ1) is 17.2. The number of hydrogen-bond donors (Lipinski definition) is 4. The number of anilines is 3. The van der Waals surface area contributed by atoms with Gasteiger partial charge < -0.3 is 26.4 Å². The van der Waals surface area contributed by atoms with Gasteiger partial charge in [0, 0.05) is 31.9 Å². The zero-order valence-corrected chi connectivity index (χ0v) is 14.4. The van der Waals surface area contributed by atoms with Crippen molar-refractivity contribution in [3.05, 3.63) is 47.0 Å². The molecule has 3 rings (SSSR count). The van der Waals surface area contributed by atoms with Crippen LogP contribution in [0.1, 0.15) is 21.5 Å². The maximum absolute atomic E-state index is 12.2. The first-order valence-corrected chi connectivity index (χ1v) is 8.21. The highest BCUT2D eigenvalue weighted by Crippen LogP contribution is 2.28. The Hall–Kier alpha value is -2.64. The van der Waals surface area contributed by atoms with Crippen LogP contribution in [0.15, 0.2) is 30.3 Å². The minimum atomic E-state index is -0.131. The Kier molecular flexibility index (Phi) is 5.16. The minimum Gasteiger partial charge on any atom is -0.383 e. The standard InChI is InChI=1S/C18H23N5O2/c1-11-4-3-5-14(6-11)22-17-16-12(8-21-18(16)24)7-15(23-17)20-9-13(19)10-25-2/h3-7,13H,8-10,19H2,1-2H3,(H,21,24)(H2,20,22,23)/t13-/m1/s1. The molecule has 0 spiro atoms. The van der Waals surface area contributed by atoms with Crippen LogP contribution in [0.4, 0.5) is 17.3 Å². The van der Waals surface area contributed by atoms with Crippen LogP contribution in [0.25, 0.3) is 0 Å². The molecule has 1 aliphatic heterocycles. The van der Waals surface area contributed by atoms with Gasteiger partial charge in [-0.15, -0.1) is 0 Å². The van der Waals surface area contributed by atoms with Crippen molar-refractivity contribution in [1.82, 2.24) is 10.3 Å². The summed E-state index contributed by atoms with van der Waals surface area (Å²) in [4.78, 5) is 16.7. The predicted octanol–water partition coefficient (Wildman–Crippen LogP) is 1.76. The molecule has 0 aliphatic carbocycles. The summed E-state index contributed by atoms with van der Waals surface area (Å²) in [6, 6.07) is 9.69. The molecule has 2 aromatic rings. The van der Waals surface area contributed by atoms with Crippen LogP contribution in [-0.4, -0.2) is 37.2 Å². The van der Waals surface area contributed by atoms with Crippen LogP contribution in [0.5, 0.6) is 0 Å². The molecule has 0 saturated heterocycles. The van der Waals surface area contributed by atoms with E-state index in [1.54, 1.807) is 7.11 Å².